The summed E-state index contributed by atoms with van der Waals surface area (Å²) < 4.78 is 16.1. The van der Waals surface area contributed by atoms with E-state index in [1.165, 1.54) is 17.7 Å². The lowest BCUT2D eigenvalue weighted by atomic mass is 9.96. The van der Waals surface area contributed by atoms with Gasteiger partial charge in [0.1, 0.15) is 10.5 Å². The largest absolute Gasteiger partial charge is 0.462 e. The predicted octanol–water partition coefficient (Wildman–Crippen LogP) is 5.30. The van der Waals surface area contributed by atoms with E-state index in [1.54, 1.807) is 32.0 Å². The molecule has 0 spiro atoms. The quantitative estimate of drug-likeness (QED) is 0.453. The Hall–Kier alpha value is -3.20. The van der Waals surface area contributed by atoms with Crippen molar-refractivity contribution in [1.29, 1.82) is 0 Å². The highest BCUT2D eigenvalue weighted by Crippen LogP contribution is 2.38. The minimum absolute atomic E-state index is 0.226. The Kier molecular flexibility index (Phi) is 7.62. The number of hydrogen-bond acceptors (Lipinski definition) is 8. The minimum Gasteiger partial charge on any atom is -0.462 e. The zero-order chi connectivity index (χ0) is 24.1. The molecule has 1 unspecified atom stereocenters. The van der Waals surface area contributed by atoms with Gasteiger partial charge in [-0.3, -0.25) is 4.79 Å². The fourth-order valence-corrected chi connectivity index (χ4v) is 5.47. The second-order valence-corrected chi connectivity index (χ2v) is 9.24. The van der Waals surface area contributed by atoms with Crippen LogP contribution in [0.3, 0.4) is 0 Å². The lowest BCUT2D eigenvalue weighted by Crippen LogP contribution is -2.32. The van der Waals surface area contributed by atoms with Gasteiger partial charge in [-0.05, 0) is 56.7 Å². The zero-order valence-electron chi connectivity index (χ0n) is 19.3. The maximum Gasteiger partial charge on any atom is 0.341 e. The predicted molar refractivity (Wildman–Crippen MR) is 128 cm³/mol. The first-order valence-corrected chi connectivity index (χ1v) is 12.5. The van der Waals surface area contributed by atoms with Gasteiger partial charge in [0, 0.05) is 4.88 Å². The first-order chi connectivity index (χ1) is 16.5. The van der Waals surface area contributed by atoms with Gasteiger partial charge < -0.3 is 19.2 Å². The van der Waals surface area contributed by atoms with Crippen molar-refractivity contribution in [2.24, 2.45) is 0 Å². The molecule has 1 aliphatic carbocycles. The number of benzene rings is 1. The number of carbonyl (C=O) groups excluding carboxylic acids is 3. The number of nitrogens with zero attached hydrogens (tertiary/aromatic N) is 1. The van der Waals surface area contributed by atoms with Crippen LogP contribution >= 0.6 is 11.3 Å². The van der Waals surface area contributed by atoms with Crippen molar-refractivity contribution in [3.63, 3.8) is 0 Å². The third kappa shape index (κ3) is 4.99. The molecule has 34 heavy (non-hydrogen) atoms. The summed E-state index contributed by atoms with van der Waals surface area (Å²) in [6.07, 6.45) is 6.45. The number of ether oxygens (including phenoxy) is 2. The number of nitrogens with one attached hydrogen (secondary N) is 1. The molecule has 180 valence electrons. The van der Waals surface area contributed by atoms with E-state index in [4.69, 9.17) is 13.9 Å². The summed E-state index contributed by atoms with van der Waals surface area (Å²) in [6, 6.07) is 4.94. The van der Waals surface area contributed by atoms with E-state index >= 15 is 0 Å². The van der Waals surface area contributed by atoms with Crippen LogP contribution in [0.15, 0.2) is 29.0 Å². The summed E-state index contributed by atoms with van der Waals surface area (Å²) in [4.78, 5) is 44.0. The number of hydrogen-bond donors (Lipinski definition) is 1. The number of esters is 2. The Morgan fingerprint density at radius 3 is 2.68 bits per heavy atom. The second-order valence-electron chi connectivity index (χ2n) is 8.14. The Balaban J connectivity index is 1.56. The summed E-state index contributed by atoms with van der Waals surface area (Å²) in [6.45, 7) is 3.77. The summed E-state index contributed by atoms with van der Waals surface area (Å²) in [5.41, 5.74) is 2.48. The third-order valence-corrected chi connectivity index (χ3v) is 7.09. The normalized spacial score (nSPS) is 14.5. The van der Waals surface area contributed by atoms with Gasteiger partial charge in [0.05, 0.1) is 17.7 Å². The van der Waals surface area contributed by atoms with Crippen LogP contribution < -0.4 is 5.32 Å². The molecule has 8 nitrogen and oxygen atoms in total. The molecule has 1 amide bonds. The maximum atomic E-state index is 13.1. The highest BCUT2D eigenvalue weighted by Gasteiger charge is 2.29. The number of fused-ring (bicyclic) bond motifs is 2. The Labute approximate surface area is 201 Å². The average molecular weight is 485 g/mol. The van der Waals surface area contributed by atoms with Crippen molar-refractivity contribution in [2.75, 3.05) is 11.9 Å². The number of anilines is 1. The van der Waals surface area contributed by atoms with Crippen molar-refractivity contribution in [1.82, 2.24) is 4.98 Å². The molecular weight excluding hydrogens is 456 g/mol. The molecule has 0 saturated heterocycles. The van der Waals surface area contributed by atoms with Gasteiger partial charge in [-0.15, -0.1) is 11.3 Å². The van der Waals surface area contributed by atoms with Gasteiger partial charge in [-0.25, -0.2) is 14.6 Å². The van der Waals surface area contributed by atoms with E-state index in [-0.39, 0.29) is 18.6 Å². The maximum absolute atomic E-state index is 13.1. The van der Waals surface area contributed by atoms with E-state index in [2.05, 4.69) is 10.3 Å². The van der Waals surface area contributed by atoms with E-state index in [0.717, 1.165) is 49.0 Å². The fraction of sp³-hybridized carbons (Fsp3) is 0.440. The number of thiophene rings is 1. The Morgan fingerprint density at radius 1 is 1.12 bits per heavy atom. The first kappa shape index (κ1) is 23.9. The van der Waals surface area contributed by atoms with Crippen molar-refractivity contribution in [3.05, 3.63) is 46.2 Å². The fourth-order valence-electron chi connectivity index (χ4n) is 4.19. The first-order valence-electron chi connectivity index (χ1n) is 11.7. The van der Waals surface area contributed by atoms with Gasteiger partial charge in [0.2, 0.25) is 0 Å². The van der Waals surface area contributed by atoms with Crippen molar-refractivity contribution < 1.29 is 28.3 Å². The Morgan fingerprint density at radius 2 is 1.91 bits per heavy atom. The lowest BCUT2D eigenvalue weighted by molar-refractivity contribution is -0.124. The zero-order valence-corrected chi connectivity index (χ0v) is 20.2. The van der Waals surface area contributed by atoms with Crippen LogP contribution in [-0.2, 0) is 27.1 Å². The van der Waals surface area contributed by atoms with Crippen LogP contribution in [0.5, 0.6) is 0 Å². The molecule has 1 N–H and O–H groups in total. The van der Waals surface area contributed by atoms with Crippen LogP contribution in [0.2, 0.25) is 0 Å². The summed E-state index contributed by atoms with van der Waals surface area (Å²) in [5.74, 6) is -1.58. The molecule has 3 aromatic rings. The summed E-state index contributed by atoms with van der Waals surface area (Å²) in [7, 11) is 0. The molecule has 1 atom stereocenters. The minimum atomic E-state index is -1.03. The summed E-state index contributed by atoms with van der Waals surface area (Å²) >= 11 is 1.42. The van der Waals surface area contributed by atoms with Crippen LogP contribution in [0, 0.1) is 0 Å². The number of amides is 1. The van der Waals surface area contributed by atoms with Gasteiger partial charge in [0.25, 0.3) is 5.91 Å². The van der Waals surface area contributed by atoms with Crippen LogP contribution in [-0.4, -0.2) is 35.5 Å². The summed E-state index contributed by atoms with van der Waals surface area (Å²) in [5, 5.41) is 3.32. The molecule has 1 aromatic carbocycles. The van der Waals surface area contributed by atoms with Gasteiger partial charge in [-0.2, -0.15) is 0 Å². The molecular formula is C25H28N2O6S. The van der Waals surface area contributed by atoms with Gasteiger partial charge >= 0.3 is 11.9 Å². The van der Waals surface area contributed by atoms with Crippen molar-refractivity contribution in [2.45, 2.75) is 64.9 Å². The average Bonchev–Trinajstić information content (AvgIpc) is 3.41. The second kappa shape index (κ2) is 10.8. The topological polar surface area (TPSA) is 108 Å². The molecule has 4 rings (SSSR count). The van der Waals surface area contributed by atoms with Crippen LogP contribution in [0.1, 0.15) is 77.1 Å². The molecule has 0 bridgehead atoms. The SMILES string of the molecule is CCOC(=O)c1c(NC(=O)C(CC)OC(=O)c2cccc3ocnc23)sc2c1CCCCCC2. The van der Waals surface area contributed by atoms with Crippen LogP contribution in [0.25, 0.3) is 11.1 Å². The van der Waals surface area contributed by atoms with E-state index in [0.29, 0.717) is 21.7 Å². The monoisotopic (exact) mass is 484 g/mol. The number of aromatic nitrogens is 1. The van der Waals surface area contributed by atoms with Gasteiger partial charge in [0.15, 0.2) is 18.1 Å². The number of para-hydroxylation sites is 1. The van der Waals surface area contributed by atoms with Gasteiger partial charge in [-0.1, -0.05) is 25.8 Å². The molecule has 0 saturated carbocycles. The van der Waals surface area contributed by atoms with Crippen molar-refractivity contribution in [3.8, 4) is 0 Å². The highest BCUT2D eigenvalue weighted by molar-refractivity contribution is 7.17. The molecule has 2 aromatic heterocycles. The molecule has 1 aliphatic rings. The third-order valence-electron chi connectivity index (χ3n) is 5.88. The Bertz CT molecular complexity index is 1200. The molecule has 0 radical (unpaired) electrons. The number of oxazole rings is 1. The number of carbonyl (C=O) groups is 3. The van der Waals surface area contributed by atoms with E-state index in [9.17, 15) is 14.4 Å². The van der Waals surface area contributed by atoms with Crippen molar-refractivity contribution >= 4 is 45.3 Å². The highest BCUT2D eigenvalue weighted by atomic mass is 32.1. The lowest BCUT2D eigenvalue weighted by Gasteiger charge is -2.16. The van der Waals surface area contributed by atoms with E-state index in [1.807, 2.05) is 0 Å². The molecule has 0 aliphatic heterocycles. The smallest absolute Gasteiger partial charge is 0.341 e. The molecule has 2 heterocycles. The van der Waals surface area contributed by atoms with E-state index < -0.39 is 23.9 Å². The molecule has 9 heteroatoms. The molecule has 0 fully saturated rings. The van der Waals surface area contributed by atoms with Crippen LogP contribution in [0.4, 0.5) is 5.00 Å². The standard InChI is InChI=1S/C25H28N2O6S/c1-3-17(33-24(29)16-11-9-12-18-21(16)26-14-32-18)22(28)27-23-20(25(30)31-4-2)15-10-7-5-6-8-13-19(15)34-23/h9,11-12,14,17H,3-8,10,13H2,1-2H3,(H,27,28). The number of aryl methyl sites for hydroxylation is 1. The number of rotatable bonds is 7.